The van der Waals surface area contributed by atoms with Gasteiger partial charge in [-0.1, -0.05) is 30.3 Å². The summed E-state index contributed by atoms with van der Waals surface area (Å²) in [6.07, 6.45) is 2.10. The van der Waals surface area contributed by atoms with Crippen molar-refractivity contribution < 1.29 is 19.5 Å². The molecular weight excluding hydrogens is 260 g/mol. The van der Waals surface area contributed by atoms with Gasteiger partial charge < -0.3 is 9.90 Å². The Morgan fingerprint density at radius 1 is 1.10 bits per heavy atom. The zero-order chi connectivity index (χ0) is 14.5. The molecule has 2 rings (SSSR count). The molecule has 1 fully saturated rings. The van der Waals surface area contributed by atoms with Crippen LogP contribution in [0.25, 0.3) is 0 Å². The van der Waals surface area contributed by atoms with E-state index in [-0.39, 0.29) is 17.7 Å². The Morgan fingerprint density at radius 2 is 1.80 bits per heavy atom. The highest BCUT2D eigenvalue weighted by molar-refractivity contribution is 5.94. The van der Waals surface area contributed by atoms with Gasteiger partial charge in [0.2, 0.25) is 5.91 Å². The fourth-order valence-electron chi connectivity index (χ4n) is 1.95. The standard InChI is InChI=1S/C14H14N2O4/c17-12(6-7-13(18)19)15-16-14(20)11-8-10(11)9-4-2-1-3-5-9/h1-7,10-11H,8H2,(H,15,17)(H,16,20)(H,18,19)/p-1/t10-,11-/m0/s1. The molecule has 2 amide bonds. The van der Waals surface area contributed by atoms with Gasteiger partial charge in [-0.25, -0.2) is 0 Å². The van der Waals surface area contributed by atoms with Crippen LogP contribution in [0.1, 0.15) is 17.9 Å². The van der Waals surface area contributed by atoms with Crippen molar-refractivity contribution in [3.05, 3.63) is 48.0 Å². The summed E-state index contributed by atoms with van der Waals surface area (Å²) < 4.78 is 0. The maximum atomic E-state index is 11.8. The molecule has 0 saturated heterocycles. The first-order chi connectivity index (χ1) is 9.58. The minimum absolute atomic E-state index is 0.164. The highest BCUT2D eigenvalue weighted by Crippen LogP contribution is 2.47. The monoisotopic (exact) mass is 273 g/mol. The van der Waals surface area contributed by atoms with Crippen LogP contribution in [0.4, 0.5) is 0 Å². The summed E-state index contributed by atoms with van der Waals surface area (Å²) in [6, 6.07) is 9.65. The summed E-state index contributed by atoms with van der Waals surface area (Å²) in [7, 11) is 0. The molecule has 0 aromatic heterocycles. The van der Waals surface area contributed by atoms with E-state index in [1.165, 1.54) is 0 Å². The van der Waals surface area contributed by atoms with Crippen molar-refractivity contribution in [3.8, 4) is 0 Å². The summed E-state index contributed by atoms with van der Waals surface area (Å²) in [5.74, 6) is -2.47. The molecule has 2 N–H and O–H groups in total. The van der Waals surface area contributed by atoms with Crippen LogP contribution in [-0.4, -0.2) is 17.8 Å². The van der Waals surface area contributed by atoms with Gasteiger partial charge in [0.05, 0.1) is 5.97 Å². The van der Waals surface area contributed by atoms with E-state index in [9.17, 15) is 19.5 Å². The molecule has 0 unspecified atom stereocenters. The summed E-state index contributed by atoms with van der Waals surface area (Å²) in [5.41, 5.74) is 5.47. The number of carbonyl (C=O) groups is 3. The van der Waals surface area contributed by atoms with Gasteiger partial charge in [0.1, 0.15) is 0 Å². The minimum Gasteiger partial charge on any atom is -0.545 e. The second-order valence-electron chi connectivity index (χ2n) is 4.49. The number of hydrazine groups is 1. The Kier molecular flexibility index (Phi) is 4.14. The number of benzene rings is 1. The van der Waals surface area contributed by atoms with Crippen molar-refractivity contribution in [3.63, 3.8) is 0 Å². The van der Waals surface area contributed by atoms with Crippen molar-refractivity contribution in [2.45, 2.75) is 12.3 Å². The lowest BCUT2D eigenvalue weighted by molar-refractivity contribution is -0.297. The molecule has 0 aliphatic heterocycles. The number of nitrogens with one attached hydrogen (secondary N) is 2. The van der Waals surface area contributed by atoms with E-state index < -0.39 is 11.9 Å². The van der Waals surface area contributed by atoms with Crippen LogP contribution in [0.2, 0.25) is 0 Å². The van der Waals surface area contributed by atoms with E-state index in [1.807, 2.05) is 30.3 Å². The van der Waals surface area contributed by atoms with Crippen LogP contribution in [0.5, 0.6) is 0 Å². The molecule has 1 aliphatic carbocycles. The molecule has 0 bridgehead atoms. The Morgan fingerprint density at radius 3 is 2.45 bits per heavy atom. The van der Waals surface area contributed by atoms with E-state index in [4.69, 9.17) is 0 Å². The fraction of sp³-hybridized carbons (Fsp3) is 0.214. The number of carboxylic acid groups (broad SMARTS) is 1. The fourth-order valence-corrected chi connectivity index (χ4v) is 1.95. The van der Waals surface area contributed by atoms with Crippen molar-refractivity contribution in [2.24, 2.45) is 5.92 Å². The molecule has 104 valence electrons. The molecule has 6 heteroatoms. The number of hydrogen-bond acceptors (Lipinski definition) is 4. The molecule has 1 aliphatic rings. The van der Waals surface area contributed by atoms with E-state index in [0.29, 0.717) is 6.08 Å². The molecule has 20 heavy (non-hydrogen) atoms. The second-order valence-corrected chi connectivity index (χ2v) is 4.49. The molecule has 0 radical (unpaired) electrons. The number of carbonyl (C=O) groups excluding carboxylic acids is 3. The Labute approximate surface area is 115 Å². The topological polar surface area (TPSA) is 98.3 Å². The van der Waals surface area contributed by atoms with Crippen LogP contribution < -0.4 is 16.0 Å². The average molecular weight is 273 g/mol. The number of carboxylic acids is 1. The summed E-state index contributed by atoms with van der Waals surface area (Å²) >= 11 is 0. The lowest BCUT2D eigenvalue weighted by atomic mass is 10.1. The van der Waals surface area contributed by atoms with Gasteiger partial charge >= 0.3 is 0 Å². The quantitative estimate of drug-likeness (QED) is 0.556. The van der Waals surface area contributed by atoms with Gasteiger partial charge in [0.15, 0.2) is 0 Å². The number of aliphatic carboxylic acids is 1. The second kappa shape index (κ2) is 6.01. The van der Waals surface area contributed by atoms with Gasteiger partial charge in [-0.3, -0.25) is 20.4 Å². The normalized spacial score (nSPS) is 20.4. The molecule has 2 atom stereocenters. The van der Waals surface area contributed by atoms with Gasteiger partial charge in [-0.15, -0.1) is 0 Å². The van der Waals surface area contributed by atoms with E-state index in [1.54, 1.807) is 0 Å². The molecular formula is C14H13N2O4-. The predicted octanol–water partition coefficient (Wildman–Crippen LogP) is -0.756. The van der Waals surface area contributed by atoms with Crippen molar-refractivity contribution in [2.75, 3.05) is 0 Å². The third-order valence-electron chi connectivity index (χ3n) is 3.03. The van der Waals surface area contributed by atoms with Crippen LogP contribution in [0.3, 0.4) is 0 Å². The Bertz CT molecular complexity index is 554. The van der Waals surface area contributed by atoms with Crippen LogP contribution in [0, 0.1) is 5.92 Å². The number of rotatable bonds is 4. The zero-order valence-electron chi connectivity index (χ0n) is 10.5. The molecule has 0 spiro atoms. The van der Waals surface area contributed by atoms with Gasteiger partial charge in [0.25, 0.3) is 5.91 Å². The first-order valence-electron chi connectivity index (χ1n) is 6.12. The Hall–Kier alpha value is -2.63. The molecule has 0 heterocycles. The third-order valence-corrected chi connectivity index (χ3v) is 3.03. The van der Waals surface area contributed by atoms with Crippen molar-refractivity contribution >= 4 is 17.8 Å². The minimum atomic E-state index is -1.47. The first kappa shape index (κ1) is 13.8. The van der Waals surface area contributed by atoms with Crippen LogP contribution >= 0.6 is 0 Å². The lowest BCUT2D eigenvalue weighted by Gasteiger charge is -2.05. The van der Waals surface area contributed by atoms with Gasteiger partial charge in [-0.2, -0.15) is 0 Å². The summed E-state index contributed by atoms with van der Waals surface area (Å²) in [6.45, 7) is 0. The van der Waals surface area contributed by atoms with Crippen molar-refractivity contribution in [1.82, 2.24) is 10.9 Å². The van der Waals surface area contributed by atoms with E-state index in [2.05, 4.69) is 10.9 Å². The summed E-state index contributed by atoms with van der Waals surface area (Å²) in [5, 5.41) is 10.1. The van der Waals surface area contributed by atoms with E-state index >= 15 is 0 Å². The van der Waals surface area contributed by atoms with Crippen LogP contribution in [0.15, 0.2) is 42.5 Å². The lowest BCUT2D eigenvalue weighted by Crippen LogP contribution is -2.42. The molecule has 1 aromatic rings. The first-order valence-corrected chi connectivity index (χ1v) is 6.12. The molecule has 1 aromatic carbocycles. The largest absolute Gasteiger partial charge is 0.545 e. The highest BCUT2D eigenvalue weighted by Gasteiger charge is 2.43. The maximum Gasteiger partial charge on any atom is 0.262 e. The average Bonchev–Trinajstić information content (AvgIpc) is 3.24. The van der Waals surface area contributed by atoms with Gasteiger partial charge in [-0.05, 0) is 24.0 Å². The smallest absolute Gasteiger partial charge is 0.262 e. The highest BCUT2D eigenvalue weighted by atomic mass is 16.4. The predicted molar refractivity (Wildman–Crippen MR) is 67.7 cm³/mol. The summed E-state index contributed by atoms with van der Waals surface area (Å²) in [4.78, 5) is 33.0. The molecule has 1 saturated carbocycles. The van der Waals surface area contributed by atoms with Crippen LogP contribution in [-0.2, 0) is 14.4 Å². The zero-order valence-corrected chi connectivity index (χ0v) is 10.5. The molecule has 6 nitrogen and oxygen atoms in total. The Balaban J connectivity index is 1.77. The van der Waals surface area contributed by atoms with E-state index in [0.717, 1.165) is 18.1 Å². The number of amides is 2. The number of hydrogen-bond donors (Lipinski definition) is 2. The SMILES string of the molecule is O=C([O-])C=CC(=O)NNC(=O)[C@H]1C[C@H]1c1ccccc1. The maximum absolute atomic E-state index is 11.8. The third kappa shape index (κ3) is 3.68. The van der Waals surface area contributed by atoms with Crippen molar-refractivity contribution in [1.29, 1.82) is 0 Å². The van der Waals surface area contributed by atoms with Gasteiger partial charge in [0, 0.05) is 12.0 Å².